The standard InChI is InChI=1S/C24H22N2O7S/c1-13-12-15(5-11-18(13)32-3)22(27)20-21(19-10-4-14(2)33-19)26(24(29)23(20)28)16-6-8-17(9-7-16)34(25,30)31/h4-12,21,27H,1-3H3,(H2,25,30,31)/b22-20-. The van der Waals surface area contributed by atoms with Crippen molar-refractivity contribution in [2.24, 2.45) is 5.14 Å². The molecular weight excluding hydrogens is 460 g/mol. The number of primary sulfonamides is 1. The fourth-order valence-electron chi connectivity index (χ4n) is 3.95. The van der Waals surface area contributed by atoms with E-state index >= 15 is 0 Å². The van der Waals surface area contributed by atoms with Crippen LogP contribution < -0.4 is 14.8 Å². The van der Waals surface area contributed by atoms with Gasteiger partial charge in [-0.1, -0.05) is 0 Å². The fraction of sp³-hybridized carbons (Fsp3) is 0.167. The van der Waals surface area contributed by atoms with Gasteiger partial charge in [0.05, 0.1) is 17.6 Å². The number of nitrogens with zero attached hydrogens (tertiary/aromatic N) is 1. The smallest absolute Gasteiger partial charge is 0.300 e. The van der Waals surface area contributed by atoms with E-state index in [0.29, 0.717) is 17.1 Å². The van der Waals surface area contributed by atoms with Crippen LogP contribution in [0.25, 0.3) is 5.76 Å². The van der Waals surface area contributed by atoms with Gasteiger partial charge >= 0.3 is 0 Å². The van der Waals surface area contributed by atoms with Crippen LogP contribution in [0.2, 0.25) is 0 Å². The van der Waals surface area contributed by atoms with Crippen LogP contribution in [-0.2, 0) is 19.6 Å². The molecule has 0 spiro atoms. The van der Waals surface area contributed by atoms with Crippen LogP contribution in [0.5, 0.6) is 5.75 Å². The molecule has 3 aromatic rings. The maximum Gasteiger partial charge on any atom is 0.300 e. The number of carbonyl (C=O) groups is 2. The van der Waals surface area contributed by atoms with Crippen LogP contribution >= 0.6 is 0 Å². The molecule has 1 aliphatic rings. The summed E-state index contributed by atoms with van der Waals surface area (Å²) >= 11 is 0. The number of hydrogen-bond acceptors (Lipinski definition) is 7. The Kier molecular flexibility index (Phi) is 5.80. The van der Waals surface area contributed by atoms with Crippen molar-refractivity contribution in [1.82, 2.24) is 0 Å². The summed E-state index contributed by atoms with van der Waals surface area (Å²) in [6.07, 6.45) is 0. The molecule has 2 heterocycles. The number of ether oxygens (including phenoxy) is 1. The number of ketones is 1. The molecule has 0 saturated carbocycles. The van der Waals surface area contributed by atoms with Crippen LogP contribution in [0.3, 0.4) is 0 Å². The zero-order chi connectivity index (χ0) is 24.8. The Balaban J connectivity index is 1.90. The van der Waals surface area contributed by atoms with Gasteiger partial charge in [0.15, 0.2) is 0 Å². The Hall–Kier alpha value is -3.89. The maximum atomic E-state index is 13.1. The van der Waals surface area contributed by atoms with Crippen molar-refractivity contribution < 1.29 is 32.3 Å². The van der Waals surface area contributed by atoms with Gasteiger partial charge in [0.25, 0.3) is 11.7 Å². The lowest BCUT2D eigenvalue weighted by Crippen LogP contribution is -2.29. The zero-order valence-electron chi connectivity index (χ0n) is 18.6. The highest BCUT2D eigenvalue weighted by atomic mass is 32.2. The number of carbonyl (C=O) groups excluding carboxylic acids is 2. The van der Waals surface area contributed by atoms with Crippen molar-refractivity contribution in [2.75, 3.05) is 12.0 Å². The number of nitrogens with two attached hydrogens (primary N) is 1. The van der Waals surface area contributed by atoms with Gasteiger partial charge in [-0.25, -0.2) is 13.6 Å². The monoisotopic (exact) mass is 482 g/mol. The molecule has 1 unspecified atom stereocenters. The van der Waals surface area contributed by atoms with Gasteiger partial charge in [-0.05, 0) is 74.0 Å². The third-order valence-electron chi connectivity index (χ3n) is 5.59. The number of methoxy groups -OCH3 is 1. The minimum absolute atomic E-state index is 0.146. The first-order valence-electron chi connectivity index (χ1n) is 10.2. The lowest BCUT2D eigenvalue weighted by Gasteiger charge is -2.23. The van der Waals surface area contributed by atoms with E-state index in [9.17, 15) is 23.1 Å². The predicted octanol–water partition coefficient (Wildman–Crippen LogP) is 3.18. The summed E-state index contributed by atoms with van der Waals surface area (Å²) in [6.45, 7) is 3.50. The average Bonchev–Trinajstić information content (AvgIpc) is 3.33. The van der Waals surface area contributed by atoms with E-state index in [1.165, 1.54) is 31.4 Å². The highest BCUT2D eigenvalue weighted by Crippen LogP contribution is 2.43. The number of aryl methyl sites for hydroxylation is 2. The van der Waals surface area contributed by atoms with Crippen molar-refractivity contribution >= 4 is 33.2 Å². The molecule has 3 N–H and O–H groups in total. The van der Waals surface area contributed by atoms with Crippen molar-refractivity contribution in [1.29, 1.82) is 0 Å². The summed E-state index contributed by atoms with van der Waals surface area (Å²) in [5.74, 6) is -0.754. The first kappa shape index (κ1) is 23.3. The van der Waals surface area contributed by atoms with E-state index in [0.717, 1.165) is 10.5 Å². The molecular formula is C24H22N2O7S. The minimum atomic E-state index is -3.95. The third-order valence-corrected chi connectivity index (χ3v) is 6.52. The van der Waals surface area contributed by atoms with Crippen LogP contribution in [0, 0.1) is 13.8 Å². The van der Waals surface area contributed by atoms with Crippen LogP contribution in [-0.4, -0.2) is 32.3 Å². The summed E-state index contributed by atoms with van der Waals surface area (Å²) in [5, 5.41) is 16.3. The van der Waals surface area contributed by atoms with Gasteiger partial charge in [0.2, 0.25) is 10.0 Å². The number of rotatable bonds is 5. The van der Waals surface area contributed by atoms with E-state index in [1.807, 2.05) is 0 Å². The number of sulfonamides is 1. The second-order valence-corrected chi connectivity index (χ2v) is 9.40. The number of Topliss-reactive ketones (excluding diaryl/α,β-unsaturated/α-hetero) is 1. The number of furan rings is 1. The van der Waals surface area contributed by atoms with E-state index in [2.05, 4.69) is 0 Å². The second-order valence-electron chi connectivity index (χ2n) is 7.84. The molecule has 1 saturated heterocycles. The van der Waals surface area contributed by atoms with Gasteiger partial charge in [-0.3, -0.25) is 14.5 Å². The van der Waals surface area contributed by atoms with Crippen molar-refractivity contribution in [2.45, 2.75) is 24.8 Å². The average molecular weight is 483 g/mol. The Morgan fingerprint density at radius 2 is 1.74 bits per heavy atom. The normalized spacial score (nSPS) is 17.9. The zero-order valence-corrected chi connectivity index (χ0v) is 19.4. The maximum absolute atomic E-state index is 13.1. The molecule has 9 nitrogen and oxygen atoms in total. The van der Waals surface area contributed by atoms with E-state index in [-0.39, 0.29) is 27.7 Å². The summed E-state index contributed by atoms with van der Waals surface area (Å²) in [4.78, 5) is 27.3. The van der Waals surface area contributed by atoms with E-state index in [1.54, 1.807) is 44.2 Å². The van der Waals surface area contributed by atoms with Gasteiger partial charge < -0.3 is 14.3 Å². The number of aliphatic hydroxyl groups is 1. The van der Waals surface area contributed by atoms with Crippen LogP contribution in [0.1, 0.15) is 28.7 Å². The molecule has 2 aromatic carbocycles. The summed E-state index contributed by atoms with van der Waals surface area (Å²) in [5.41, 5.74) is 1.14. The predicted molar refractivity (Wildman–Crippen MR) is 124 cm³/mol. The van der Waals surface area contributed by atoms with Gasteiger partial charge in [0.1, 0.15) is 29.1 Å². The van der Waals surface area contributed by atoms with E-state index < -0.39 is 27.8 Å². The van der Waals surface area contributed by atoms with Crippen LogP contribution in [0.4, 0.5) is 5.69 Å². The van der Waals surface area contributed by atoms with Gasteiger partial charge in [-0.2, -0.15) is 0 Å². The molecule has 0 bridgehead atoms. The molecule has 1 aliphatic heterocycles. The lowest BCUT2D eigenvalue weighted by atomic mass is 9.98. The summed E-state index contributed by atoms with van der Waals surface area (Å²) in [6, 6.07) is 12.3. The number of hydrogen-bond donors (Lipinski definition) is 2. The molecule has 34 heavy (non-hydrogen) atoms. The number of anilines is 1. The molecule has 1 atom stereocenters. The molecule has 1 fully saturated rings. The minimum Gasteiger partial charge on any atom is -0.507 e. The first-order chi connectivity index (χ1) is 16.0. The third kappa shape index (κ3) is 3.97. The largest absolute Gasteiger partial charge is 0.507 e. The Labute approximate surface area is 196 Å². The molecule has 0 radical (unpaired) electrons. The van der Waals surface area contributed by atoms with Gasteiger partial charge in [-0.15, -0.1) is 0 Å². The Bertz CT molecular complexity index is 1440. The van der Waals surface area contributed by atoms with Crippen LogP contribution in [0.15, 0.2) is 69.5 Å². The SMILES string of the molecule is COc1ccc(/C(O)=C2/C(=O)C(=O)N(c3ccc(S(N)(=O)=O)cc3)C2c2ccc(C)o2)cc1C. The Morgan fingerprint density at radius 1 is 1.06 bits per heavy atom. The quantitative estimate of drug-likeness (QED) is 0.323. The molecule has 10 heteroatoms. The topological polar surface area (TPSA) is 140 Å². The van der Waals surface area contributed by atoms with Crippen molar-refractivity contribution in [3.05, 3.63) is 82.8 Å². The Morgan fingerprint density at radius 3 is 2.26 bits per heavy atom. The van der Waals surface area contributed by atoms with Gasteiger partial charge in [0, 0.05) is 11.3 Å². The highest BCUT2D eigenvalue weighted by Gasteiger charge is 2.48. The molecule has 1 aromatic heterocycles. The summed E-state index contributed by atoms with van der Waals surface area (Å²) < 4.78 is 34.2. The molecule has 4 rings (SSSR count). The highest BCUT2D eigenvalue weighted by molar-refractivity contribution is 7.89. The molecule has 1 amide bonds. The lowest BCUT2D eigenvalue weighted by molar-refractivity contribution is -0.132. The number of amides is 1. The van der Waals surface area contributed by atoms with Crippen molar-refractivity contribution in [3.8, 4) is 5.75 Å². The number of aliphatic hydroxyl groups excluding tert-OH is 1. The fourth-order valence-corrected chi connectivity index (χ4v) is 4.46. The number of benzene rings is 2. The molecule has 176 valence electrons. The molecule has 0 aliphatic carbocycles. The second kappa shape index (κ2) is 8.47. The first-order valence-corrected chi connectivity index (χ1v) is 11.7. The van der Waals surface area contributed by atoms with E-state index in [4.69, 9.17) is 14.3 Å². The summed E-state index contributed by atoms with van der Waals surface area (Å²) in [7, 11) is -2.43. The van der Waals surface area contributed by atoms with Crippen molar-refractivity contribution in [3.63, 3.8) is 0 Å².